The fourth-order valence-electron chi connectivity index (χ4n) is 4.36. The molecule has 1 heterocycles. The van der Waals surface area contributed by atoms with Crippen molar-refractivity contribution in [3.8, 4) is 0 Å². The van der Waals surface area contributed by atoms with Crippen molar-refractivity contribution < 1.29 is 4.79 Å². The van der Waals surface area contributed by atoms with Gasteiger partial charge in [0.15, 0.2) is 0 Å². The van der Waals surface area contributed by atoms with Gasteiger partial charge in [0, 0.05) is 19.0 Å². The van der Waals surface area contributed by atoms with Crippen molar-refractivity contribution in [3.05, 3.63) is 0 Å². The zero-order valence-electron chi connectivity index (χ0n) is 12.2. The zero-order valence-corrected chi connectivity index (χ0v) is 12.2. The molecule has 3 fully saturated rings. The van der Waals surface area contributed by atoms with Gasteiger partial charge in [0.1, 0.15) is 0 Å². The van der Waals surface area contributed by atoms with Crippen LogP contribution in [0, 0.1) is 23.7 Å². The van der Waals surface area contributed by atoms with Crippen LogP contribution in [0.5, 0.6) is 0 Å². The highest BCUT2D eigenvalue weighted by Gasteiger charge is 2.55. The largest absolute Gasteiger partial charge is 0.342 e. The van der Waals surface area contributed by atoms with Gasteiger partial charge in [-0.05, 0) is 63.5 Å². The fraction of sp³-hybridized carbons (Fsp3) is 0.938. The summed E-state index contributed by atoms with van der Waals surface area (Å²) in [5, 5.41) is 3.23. The summed E-state index contributed by atoms with van der Waals surface area (Å²) in [6.07, 6.45) is 9.06. The van der Waals surface area contributed by atoms with Gasteiger partial charge in [-0.25, -0.2) is 0 Å². The minimum Gasteiger partial charge on any atom is -0.342 e. The van der Waals surface area contributed by atoms with Gasteiger partial charge in [-0.2, -0.15) is 0 Å². The number of fused-ring (bicyclic) bond motifs is 1. The summed E-state index contributed by atoms with van der Waals surface area (Å²) in [5.41, 5.74) is 0. The molecule has 108 valence electrons. The molecule has 0 radical (unpaired) electrons. The fourth-order valence-corrected chi connectivity index (χ4v) is 4.36. The van der Waals surface area contributed by atoms with Gasteiger partial charge >= 0.3 is 0 Å². The Morgan fingerprint density at radius 3 is 2.32 bits per heavy atom. The number of piperidine rings is 1. The second-order valence-electron chi connectivity index (χ2n) is 6.80. The zero-order chi connectivity index (χ0) is 13.2. The van der Waals surface area contributed by atoms with Crippen LogP contribution in [0.1, 0.15) is 44.9 Å². The molecular formula is C16H28N2O. The topological polar surface area (TPSA) is 32.3 Å². The van der Waals surface area contributed by atoms with Crippen molar-refractivity contribution in [3.63, 3.8) is 0 Å². The van der Waals surface area contributed by atoms with Gasteiger partial charge in [0.25, 0.3) is 0 Å². The molecule has 2 atom stereocenters. The maximum Gasteiger partial charge on any atom is 0.226 e. The Morgan fingerprint density at radius 2 is 1.74 bits per heavy atom. The lowest BCUT2D eigenvalue weighted by Crippen LogP contribution is -2.40. The van der Waals surface area contributed by atoms with E-state index in [9.17, 15) is 4.79 Å². The van der Waals surface area contributed by atoms with Gasteiger partial charge in [-0.3, -0.25) is 4.79 Å². The average molecular weight is 264 g/mol. The maximum absolute atomic E-state index is 12.6. The molecule has 1 saturated heterocycles. The third kappa shape index (κ3) is 2.81. The van der Waals surface area contributed by atoms with Crippen LogP contribution in [0.15, 0.2) is 0 Å². The van der Waals surface area contributed by atoms with E-state index in [4.69, 9.17) is 0 Å². The van der Waals surface area contributed by atoms with Crippen molar-refractivity contribution in [1.29, 1.82) is 0 Å². The predicted molar refractivity (Wildman–Crippen MR) is 76.8 cm³/mol. The SMILES string of the molecule is CNCCC1CCN(C(=O)C2C3CCCCC32)CC1. The Bertz CT molecular complexity index is 311. The van der Waals surface area contributed by atoms with Crippen LogP contribution in [0.4, 0.5) is 0 Å². The lowest BCUT2D eigenvalue weighted by molar-refractivity contribution is -0.134. The number of hydrogen-bond donors (Lipinski definition) is 1. The van der Waals surface area contributed by atoms with Gasteiger partial charge in [0.05, 0.1) is 0 Å². The van der Waals surface area contributed by atoms with Crippen LogP contribution in [0.3, 0.4) is 0 Å². The van der Waals surface area contributed by atoms with Crippen LogP contribution in [0.25, 0.3) is 0 Å². The highest BCUT2D eigenvalue weighted by atomic mass is 16.2. The third-order valence-corrected chi connectivity index (χ3v) is 5.67. The Labute approximate surface area is 117 Å². The average Bonchev–Trinajstić information content (AvgIpc) is 3.19. The second-order valence-corrected chi connectivity index (χ2v) is 6.80. The molecule has 1 amide bonds. The Hall–Kier alpha value is -0.570. The molecule has 3 aliphatic rings. The molecule has 3 heteroatoms. The predicted octanol–water partition coefficient (Wildman–Crippen LogP) is 2.27. The molecule has 2 aliphatic carbocycles. The van der Waals surface area contributed by atoms with Gasteiger partial charge in [-0.1, -0.05) is 12.8 Å². The number of amides is 1. The standard InChI is InChI=1S/C16H28N2O/c1-17-9-6-12-7-10-18(11-8-12)16(19)15-13-4-2-3-5-14(13)15/h12-15,17H,2-11H2,1H3. The molecule has 19 heavy (non-hydrogen) atoms. The number of nitrogens with one attached hydrogen (secondary N) is 1. The lowest BCUT2D eigenvalue weighted by Gasteiger charge is -2.32. The van der Waals surface area contributed by atoms with E-state index in [0.717, 1.165) is 37.4 Å². The summed E-state index contributed by atoms with van der Waals surface area (Å²) in [4.78, 5) is 14.7. The van der Waals surface area contributed by atoms with Crippen LogP contribution in [-0.4, -0.2) is 37.5 Å². The van der Waals surface area contributed by atoms with Gasteiger partial charge < -0.3 is 10.2 Å². The van der Waals surface area contributed by atoms with Crippen LogP contribution in [0.2, 0.25) is 0 Å². The van der Waals surface area contributed by atoms with Crippen molar-refractivity contribution in [2.24, 2.45) is 23.7 Å². The summed E-state index contributed by atoms with van der Waals surface area (Å²) in [6.45, 7) is 3.15. The molecule has 3 rings (SSSR count). The molecule has 0 aromatic carbocycles. The van der Waals surface area contributed by atoms with E-state index < -0.39 is 0 Å². The van der Waals surface area contributed by atoms with Crippen molar-refractivity contribution in [2.45, 2.75) is 44.9 Å². The molecule has 1 aliphatic heterocycles. The number of likely N-dealkylation sites (tertiary alicyclic amines) is 1. The molecule has 1 N–H and O–H groups in total. The van der Waals surface area contributed by atoms with Gasteiger partial charge in [0.2, 0.25) is 5.91 Å². The summed E-state index contributed by atoms with van der Waals surface area (Å²) >= 11 is 0. The smallest absolute Gasteiger partial charge is 0.226 e. The number of nitrogens with zero attached hydrogens (tertiary/aromatic N) is 1. The molecule has 2 unspecified atom stereocenters. The summed E-state index contributed by atoms with van der Waals surface area (Å²) in [6, 6.07) is 0. The number of hydrogen-bond acceptors (Lipinski definition) is 2. The number of carbonyl (C=O) groups excluding carboxylic acids is 1. The molecule has 2 saturated carbocycles. The van der Waals surface area contributed by atoms with Crippen molar-refractivity contribution in [1.82, 2.24) is 10.2 Å². The van der Waals surface area contributed by atoms with Gasteiger partial charge in [-0.15, -0.1) is 0 Å². The van der Waals surface area contributed by atoms with E-state index in [0.29, 0.717) is 11.8 Å². The second kappa shape index (κ2) is 5.82. The van der Waals surface area contributed by atoms with E-state index in [1.165, 1.54) is 44.9 Å². The first-order chi connectivity index (χ1) is 9.31. The highest BCUT2D eigenvalue weighted by Crippen LogP contribution is 2.56. The summed E-state index contributed by atoms with van der Waals surface area (Å²) < 4.78 is 0. The lowest BCUT2D eigenvalue weighted by atomic mass is 9.93. The normalized spacial score (nSPS) is 35.0. The molecule has 0 aromatic rings. The van der Waals surface area contributed by atoms with E-state index in [1.54, 1.807) is 0 Å². The third-order valence-electron chi connectivity index (χ3n) is 5.67. The first kappa shape index (κ1) is 13.4. The van der Waals surface area contributed by atoms with E-state index in [1.807, 2.05) is 7.05 Å². The maximum atomic E-state index is 12.6. The first-order valence-corrected chi connectivity index (χ1v) is 8.24. The number of carbonyl (C=O) groups is 1. The summed E-state index contributed by atoms with van der Waals surface area (Å²) in [7, 11) is 2.02. The quantitative estimate of drug-likeness (QED) is 0.845. The van der Waals surface area contributed by atoms with Crippen molar-refractivity contribution in [2.75, 3.05) is 26.7 Å². The minimum atomic E-state index is 0.427. The number of rotatable bonds is 4. The summed E-state index contributed by atoms with van der Waals surface area (Å²) in [5.74, 6) is 3.30. The van der Waals surface area contributed by atoms with E-state index >= 15 is 0 Å². The molecule has 3 nitrogen and oxygen atoms in total. The Balaban J connectivity index is 1.45. The van der Waals surface area contributed by atoms with Crippen LogP contribution >= 0.6 is 0 Å². The van der Waals surface area contributed by atoms with E-state index in [2.05, 4.69) is 10.2 Å². The monoisotopic (exact) mass is 264 g/mol. The molecular weight excluding hydrogens is 236 g/mol. The van der Waals surface area contributed by atoms with E-state index in [-0.39, 0.29) is 0 Å². The minimum absolute atomic E-state index is 0.427. The first-order valence-electron chi connectivity index (χ1n) is 8.24. The molecule has 0 aromatic heterocycles. The molecule has 0 spiro atoms. The Kier molecular flexibility index (Phi) is 4.11. The Morgan fingerprint density at radius 1 is 1.11 bits per heavy atom. The highest BCUT2D eigenvalue weighted by molar-refractivity contribution is 5.82. The molecule has 0 bridgehead atoms. The van der Waals surface area contributed by atoms with Crippen LogP contribution in [-0.2, 0) is 4.79 Å². The van der Waals surface area contributed by atoms with Crippen LogP contribution < -0.4 is 5.32 Å². The van der Waals surface area contributed by atoms with Crippen molar-refractivity contribution >= 4 is 5.91 Å².